The number of hydrogen-bond donors (Lipinski definition) is 0. The van der Waals surface area contributed by atoms with Crippen LogP contribution in [0.5, 0.6) is 0 Å². The molecule has 0 N–H and O–H groups in total. The summed E-state index contributed by atoms with van der Waals surface area (Å²) in [5.41, 5.74) is 0. The Morgan fingerprint density at radius 2 is 2.30 bits per heavy atom. The molecule has 0 spiro atoms. The van der Waals surface area contributed by atoms with Crippen LogP contribution in [0.25, 0.3) is 0 Å². The SMILES string of the molecule is O=C1CSC(c2ccc([N+](=O)[O-])o2)N1Cc1ccco1. The molecule has 0 radical (unpaired) electrons. The molecule has 2 aromatic heterocycles. The van der Waals surface area contributed by atoms with Crippen molar-refractivity contribution in [2.45, 2.75) is 11.9 Å². The number of thioether (sulfide) groups is 1. The highest BCUT2D eigenvalue weighted by Gasteiger charge is 2.36. The molecular formula is C12H10N2O5S. The van der Waals surface area contributed by atoms with E-state index in [9.17, 15) is 14.9 Å². The number of hydrogen-bond acceptors (Lipinski definition) is 6. The lowest BCUT2D eigenvalue weighted by atomic mass is 10.3. The van der Waals surface area contributed by atoms with Crippen LogP contribution in [0.2, 0.25) is 0 Å². The van der Waals surface area contributed by atoms with Crippen LogP contribution in [0, 0.1) is 10.1 Å². The van der Waals surface area contributed by atoms with Crippen molar-refractivity contribution in [3.8, 4) is 0 Å². The number of carbonyl (C=O) groups is 1. The molecule has 1 atom stereocenters. The van der Waals surface area contributed by atoms with E-state index in [1.54, 1.807) is 17.0 Å². The molecule has 2 aromatic rings. The zero-order chi connectivity index (χ0) is 14.1. The Kier molecular flexibility index (Phi) is 3.23. The Morgan fingerprint density at radius 3 is 2.95 bits per heavy atom. The maximum Gasteiger partial charge on any atom is 0.433 e. The summed E-state index contributed by atoms with van der Waals surface area (Å²) in [6.07, 6.45) is 1.54. The highest BCUT2D eigenvalue weighted by molar-refractivity contribution is 8.00. The van der Waals surface area contributed by atoms with Gasteiger partial charge in [0.15, 0.2) is 0 Å². The molecule has 1 fully saturated rings. The number of furan rings is 2. The standard InChI is InChI=1S/C12H10N2O5S/c15-10-7-20-12(9-3-4-11(19-9)14(16)17)13(10)6-8-2-1-5-18-8/h1-5,12H,6-7H2. The minimum Gasteiger partial charge on any atom is -0.467 e. The summed E-state index contributed by atoms with van der Waals surface area (Å²) in [6, 6.07) is 6.35. The maximum atomic E-state index is 11.9. The van der Waals surface area contributed by atoms with Crippen LogP contribution in [-0.2, 0) is 11.3 Å². The van der Waals surface area contributed by atoms with Gasteiger partial charge in [0.2, 0.25) is 5.91 Å². The molecule has 0 saturated carbocycles. The third kappa shape index (κ3) is 2.29. The van der Waals surface area contributed by atoms with Gasteiger partial charge in [0, 0.05) is 0 Å². The molecule has 1 saturated heterocycles. The van der Waals surface area contributed by atoms with Gasteiger partial charge in [-0.25, -0.2) is 0 Å². The number of rotatable bonds is 4. The maximum absolute atomic E-state index is 11.9. The summed E-state index contributed by atoms with van der Waals surface area (Å²) in [6.45, 7) is 0.317. The smallest absolute Gasteiger partial charge is 0.433 e. The molecule has 3 heterocycles. The Hall–Kier alpha value is -2.22. The number of nitro groups is 1. The van der Waals surface area contributed by atoms with Gasteiger partial charge in [0.25, 0.3) is 0 Å². The van der Waals surface area contributed by atoms with Gasteiger partial charge in [-0.2, -0.15) is 0 Å². The van der Waals surface area contributed by atoms with E-state index in [2.05, 4.69) is 0 Å². The van der Waals surface area contributed by atoms with Gasteiger partial charge in [-0.1, -0.05) is 0 Å². The average molecular weight is 294 g/mol. The van der Waals surface area contributed by atoms with E-state index < -0.39 is 4.92 Å². The number of carbonyl (C=O) groups excluding carboxylic acids is 1. The van der Waals surface area contributed by atoms with Crippen molar-refractivity contribution < 1.29 is 18.6 Å². The van der Waals surface area contributed by atoms with Gasteiger partial charge in [-0.05, 0) is 18.2 Å². The largest absolute Gasteiger partial charge is 0.467 e. The summed E-state index contributed by atoms with van der Waals surface area (Å²) in [4.78, 5) is 23.5. The van der Waals surface area contributed by atoms with E-state index in [0.717, 1.165) is 0 Å². The Balaban J connectivity index is 1.83. The Morgan fingerprint density at radius 1 is 1.45 bits per heavy atom. The third-order valence-corrected chi connectivity index (χ3v) is 4.13. The van der Waals surface area contributed by atoms with E-state index in [1.807, 2.05) is 0 Å². The van der Waals surface area contributed by atoms with Crippen LogP contribution in [0.4, 0.5) is 5.88 Å². The zero-order valence-corrected chi connectivity index (χ0v) is 11.0. The molecule has 8 heteroatoms. The Labute approximate surface area is 117 Å². The van der Waals surface area contributed by atoms with Crippen molar-refractivity contribution in [1.82, 2.24) is 4.90 Å². The molecule has 7 nitrogen and oxygen atoms in total. The fourth-order valence-electron chi connectivity index (χ4n) is 2.00. The van der Waals surface area contributed by atoms with E-state index in [-0.39, 0.29) is 17.2 Å². The normalized spacial score (nSPS) is 18.7. The highest BCUT2D eigenvalue weighted by atomic mass is 32.2. The first-order chi connectivity index (χ1) is 9.65. The van der Waals surface area contributed by atoms with E-state index in [0.29, 0.717) is 23.8 Å². The Bertz CT molecular complexity index is 636. The van der Waals surface area contributed by atoms with Crippen molar-refractivity contribution in [3.05, 3.63) is 52.2 Å². The molecule has 20 heavy (non-hydrogen) atoms. The summed E-state index contributed by atoms with van der Waals surface area (Å²) in [7, 11) is 0. The second-order valence-electron chi connectivity index (χ2n) is 4.20. The van der Waals surface area contributed by atoms with Gasteiger partial charge in [-0.15, -0.1) is 11.8 Å². The van der Waals surface area contributed by atoms with Gasteiger partial charge >= 0.3 is 5.88 Å². The quantitative estimate of drug-likeness (QED) is 0.636. The fraction of sp³-hybridized carbons (Fsp3) is 0.250. The fourth-order valence-corrected chi connectivity index (χ4v) is 3.13. The second-order valence-corrected chi connectivity index (χ2v) is 5.27. The van der Waals surface area contributed by atoms with E-state index in [4.69, 9.17) is 8.83 Å². The lowest BCUT2D eigenvalue weighted by molar-refractivity contribution is -0.402. The predicted molar refractivity (Wildman–Crippen MR) is 69.8 cm³/mol. The van der Waals surface area contributed by atoms with Crippen LogP contribution in [0.15, 0.2) is 39.4 Å². The first kappa shape index (κ1) is 12.8. The van der Waals surface area contributed by atoms with Crippen LogP contribution < -0.4 is 0 Å². The lowest BCUT2D eigenvalue weighted by Crippen LogP contribution is -2.27. The minimum absolute atomic E-state index is 0.0459. The second kappa shape index (κ2) is 5.04. The molecule has 1 aliphatic heterocycles. The summed E-state index contributed by atoms with van der Waals surface area (Å²) >= 11 is 1.38. The van der Waals surface area contributed by atoms with Crippen molar-refractivity contribution in [2.24, 2.45) is 0 Å². The highest BCUT2D eigenvalue weighted by Crippen LogP contribution is 2.41. The van der Waals surface area contributed by atoms with Gasteiger partial charge < -0.3 is 13.7 Å². The van der Waals surface area contributed by atoms with E-state index in [1.165, 1.54) is 30.2 Å². The van der Waals surface area contributed by atoms with Gasteiger partial charge in [-0.3, -0.25) is 14.9 Å². The summed E-state index contributed by atoms with van der Waals surface area (Å²) in [5, 5.41) is 10.3. The van der Waals surface area contributed by atoms with Crippen molar-refractivity contribution in [3.63, 3.8) is 0 Å². The molecule has 3 rings (SSSR count). The third-order valence-electron chi connectivity index (χ3n) is 2.91. The molecular weight excluding hydrogens is 284 g/mol. The molecule has 0 aromatic carbocycles. The molecule has 1 unspecified atom stereocenters. The van der Waals surface area contributed by atoms with Crippen molar-refractivity contribution in [1.29, 1.82) is 0 Å². The summed E-state index contributed by atoms with van der Waals surface area (Å²) < 4.78 is 10.4. The summed E-state index contributed by atoms with van der Waals surface area (Å²) in [5.74, 6) is 1.01. The lowest BCUT2D eigenvalue weighted by Gasteiger charge is -2.20. The van der Waals surface area contributed by atoms with E-state index >= 15 is 0 Å². The predicted octanol–water partition coefficient (Wildman–Crippen LogP) is 2.56. The first-order valence-corrected chi connectivity index (χ1v) is 6.87. The zero-order valence-electron chi connectivity index (χ0n) is 10.2. The molecule has 104 valence electrons. The monoisotopic (exact) mass is 294 g/mol. The molecule has 1 aliphatic rings. The molecule has 0 bridgehead atoms. The molecule has 0 aliphatic carbocycles. The molecule has 1 amide bonds. The number of amides is 1. The minimum atomic E-state index is -0.595. The van der Waals surface area contributed by atoms with Crippen molar-refractivity contribution in [2.75, 3.05) is 5.75 Å². The number of nitrogens with zero attached hydrogens (tertiary/aromatic N) is 2. The van der Waals surface area contributed by atoms with Crippen LogP contribution >= 0.6 is 11.8 Å². The van der Waals surface area contributed by atoms with Crippen LogP contribution in [-0.4, -0.2) is 21.5 Å². The van der Waals surface area contributed by atoms with Gasteiger partial charge in [0.1, 0.15) is 21.8 Å². The average Bonchev–Trinajstić information content (AvgIpc) is 3.12. The van der Waals surface area contributed by atoms with Crippen LogP contribution in [0.3, 0.4) is 0 Å². The van der Waals surface area contributed by atoms with Gasteiger partial charge in [0.05, 0.1) is 24.6 Å². The first-order valence-electron chi connectivity index (χ1n) is 5.83. The topological polar surface area (TPSA) is 89.7 Å². The van der Waals surface area contributed by atoms with Crippen LogP contribution in [0.1, 0.15) is 16.9 Å². The van der Waals surface area contributed by atoms with Crippen molar-refractivity contribution >= 4 is 23.6 Å².